The number of aliphatic carboxylic acids is 1. The van der Waals surface area contributed by atoms with Gasteiger partial charge in [-0.3, -0.25) is 15.1 Å². The molecular weight excluding hydrogens is 378 g/mol. The average Bonchev–Trinajstić information content (AvgIpc) is 2.60. The van der Waals surface area contributed by atoms with Gasteiger partial charge < -0.3 is 21.3 Å². The van der Waals surface area contributed by atoms with Crippen LogP contribution < -0.4 is 11.5 Å². The Labute approximate surface area is 159 Å². The van der Waals surface area contributed by atoms with E-state index in [1.165, 1.54) is 24.3 Å². The van der Waals surface area contributed by atoms with Gasteiger partial charge in [-0.25, -0.2) is 13.9 Å². The van der Waals surface area contributed by atoms with Gasteiger partial charge in [0.2, 0.25) is 0 Å². The summed E-state index contributed by atoms with van der Waals surface area (Å²) in [4.78, 5) is 38.3. The van der Waals surface area contributed by atoms with E-state index in [2.05, 4.69) is 4.99 Å². The van der Waals surface area contributed by atoms with Crippen molar-refractivity contribution in [3.8, 4) is 0 Å². The number of guanidine groups is 1. The van der Waals surface area contributed by atoms with Gasteiger partial charge >= 0.3 is 12.1 Å². The summed E-state index contributed by atoms with van der Waals surface area (Å²) < 4.78 is 5.93. The molecule has 1 aromatic rings. The fourth-order valence-electron chi connectivity index (χ4n) is 1.99. The summed E-state index contributed by atoms with van der Waals surface area (Å²) in [6.45, 7) is 1.88. The third-order valence-electron chi connectivity index (χ3n) is 3.20. The van der Waals surface area contributed by atoms with E-state index in [4.69, 9.17) is 16.2 Å². The summed E-state index contributed by atoms with van der Waals surface area (Å²) in [6, 6.07) is 4.18. The second-order valence-electron chi connectivity index (χ2n) is 5.17. The Bertz CT molecular complexity index is 692. The van der Waals surface area contributed by atoms with Crippen LogP contribution in [0.1, 0.15) is 19.8 Å². The molecule has 11 nitrogen and oxygen atoms in total. The Hall–Kier alpha value is -3.02. The zero-order valence-electron chi connectivity index (χ0n) is 14.6. The summed E-state index contributed by atoms with van der Waals surface area (Å²) in [7, 11) is 0. The number of nitrogens with two attached hydrogens (primary N) is 2. The Morgan fingerprint density at radius 1 is 1.37 bits per heavy atom. The molecule has 12 heteroatoms. The van der Waals surface area contributed by atoms with E-state index in [1.54, 1.807) is 6.92 Å². The highest BCUT2D eigenvalue weighted by Gasteiger charge is 2.31. The summed E-state index contributed by atoms with van der Waals surface area (Å²) >= 11 is 0.828. The largest absolute Gasteiger partial charge is 0.480 e. The maximum Gasteiger partial charge on any atom is 0.420 e. The quantitative estimate of drug-likeness (QED) is 0.132. The molecule has 0 aliphatic carbocycles. The number of nitrogens with zero attached hydrogens (tertiary/aromatic N) is 3. The van der Waals surface area contributed by atoms with Crippen LogP contribution in [0.3, 0.4) is 0 Å². The summed E-state index contributed by atoms with van der Waals surface area (Å²) in [5.74, 6) is -1.33. The standard InChI is InChI=1S/C15H21N5O6S/c1-2-26-15(23)19(12(13(21)22)4-3-9-18-14(16)17)27-11-7-5-10(6-8-11)20(24)25/h5-8,12H,2-4,9H2,1H3,(H,21,22)(H4,16,17,18)/t12-/m0/s1. The van der Waals surface area contributed by atoms with E-state index in [9.17, 15) is 24.8 Å². The van der Waals surface area contributed by atoms with E-state index in [0.29, 0.717) is 11.3 Å². The molecule has 5 N–H and O–H groups in total. The van der Waals surface area contributed by atoms with Crippen LogP contribution in [0.4, 0.5) is 10.5 Å². The third kappa shape index (κ3) is 7.40. The predicted octanol–water partition coefficient (Wildman–Crippen LogP) is 1.57. The first-order valence-electron chi connectivity index (χ1n) is 7.92. The molecule has 0 aromatic heterocycles. The zero-order chi connectivity index (χ0) is 20.4. The van der Waals surface area contributed by atoms with E-state index in [-0.39, 0.29) is 31.2 Å². The summed E-state index contributed by atoms with van der Waals surface area (Å²) in [5, 5.41) is 20.3. The van der Waals surface area contributed by atoms with Crippen LogP contribution in [0.15, 0.2) is 34.2 Å². The molecule has 1 amide bonds. The van der Waals surface area contributed by atoms with Crippen LogP contribution in [0.5, 0.6) is 0 Å². The van der Waals surface area contributed by atoms with Gasteiger partial charge in [0.25, 0.3) is 5.69 Å². The number of carboxylic acids is 1. The lowest BCUT2D eigenvalue weighted by Crippen LogP contribution is -2.41. The molecule has 1 atom stereocenters. The van der Waals surface area contributed by atoms with Gasteiger partial charge in [-0.05, 0) is 43.8 Å². The molecule has 0 radical (unpaired) electrons. The topological polar surface area (TPSA) is 174 Å². The fourth-order valence-corrected chi connectivity index (χ4v) is 2.93. The van der Waals surface area contributed by atoms with Gasteiger partial charge in [0.05, 0.1) is 11.5 Å². The number of nitro benzene ring substituents is 1. The number of benzene rings is 1. The van der Waals surface area contributed by atoms with Gasteiger partial charge in [0, 0.05) is 23.6 Å². The Morgan fingerprint density at radius 3 is 2.48 bits per heavy atom. The minimum Gasteiger partial charge on any atom is -0.480 e. The number of nitro groups is 1. The summed E-state index contributed by atoms with van der Waals surface area (Å²) in [6.07, 6.45) is -0.411. The number of carboxylic acid groups (broad SMARTS) is 1. The molecule has 148 valence electrons. The normalized spacial score (nSPS) is 11.3. The lowest BCUT2D eigenvalue weighted by Gasteiger charge is -2.26. The Kier molecular flexibility index (Phi) is 8.85. The zero-order valence-corrected chi connectivity index (χ0v) is 15.4. The second kappa shape index (κ2) is 10.9. The highest BCUT2D eigenvalue weighted by molar-refractivity contribution is 7.97. The number of hydrogen-bond donors (Lipinski definition) is 3. The Morgan fingerprint density at radius 2 is 2.00 bits per heavy atom. The monoisotopic (exact) mass is 399 g/mol. The molecule has 1 rings (SSSR count). The number of hydrogen-bond acceptors (Lipinski definition) is 7. The first kappa shape index (κ1) is 22.0. The number of non-ortho nitro benzene ring substituents is 1. The molecule has 0 aliphatic heterocycles. The Balaban J connectivity index is 2.97. The SMILES string of the molecule is CCOC(=O)N(Sc1ccc([N+](=O)[O-])cc1)[C@@H](CCCN=C(N)N)C(=O)O. The van der Waals surface area contributed by atoms with Crippen molar-refractivity contribution < 1.29 is 24.4 Å². The van der Waals surface area contributed by atoms with Crippen molar-refractivity contribution in [2.45, 2.75) is 30.7 Å². The van der Waals surface area contributed by atoms with Crippen molar-refractivity contribution in [2.24, 2.45) is 16.5 Å². The number of ether oxygens (including phenoxy) is 1. The minimum atomic E-state index is -1.22. The molecule has 0 fully saturated rings. The first-order chi connectivity index (χ1) is 12.8. The molecule has 0 bridgehead atoms. The number of rotatable bonds is 10. The second-order valence-corrected chi connectivity index (χ2v) is 6.22. The van der Waals surface area contributed by atoms with Crippen molar-refractivity contribution in [1.82, 2.24) is 4.31 Å². The highest BCUT2D eigenvalue weighted by atomic mass is 32.2. The molecule has 0 saturated heterocycles. The molecule has 1 aromatic carbocycles. The van der Waals surface area contributed by atoms with Crippen molar-refractivity contribution in [2.75, 3.05) is 13.2 Å². The predicted molar refractivity (Wildman–Crippen MR) is 99.1 cm³/mol. The number of amides is 1. The van der Waals surface area contributed by atoms with Crippen LogP contribution in [-0.4, -0.2) is 51.6 Å². The molecule has 0 spiro atoms. The maximum atomic E-state index is 12.3. The molecule has 0 saturated carbocycles. The lowest BCUT2D eigenvalue weighted by atomic mass is 10.1. The smallest absolute Gasteiger partial charge is 0.420 e. The van der Waals surface area contributed by atoms with Crippen LogP contribution in [0, 0.1) is 10.1 Å². The van der Waals surface area contributed by atoms with Gasteiger partial charge in [0.1, 0.15) is 6.04 Å². The van der Waals surface area contributed by atoms with E-state index >= 15 is 0 Å². The lowest BCUT2D eigenvalue weighted by molar-refractivity contribution is -0.384. The van der Waals surface area contributed by atoms with Gasteiger partial charge in [-0.15, -0.1) is 0 Å². The van der Waals surface area contributed by atoms with Gasteiger partial charge in [-0.1, -0.05) is 0 Å². The van der Waals surface area contributed by atoms with Crippen LogP contribution in [0.2, 0.25) is 0 Å². The van der Waals surface area contributed by atoms with Crippen molar-refractivity contribution in [3.05, 3.63) is 34.4 Å². The average molecular weight is 399 g/mol. The van der Waals surface area contributed by atoms with Crippen LogP contribution in [0.25, 0.3) is 0 Å². The van der Waals surface area contributed by atoms with Gasteiger partial charge in [-0.2, -0.15) is 0 Å². The van der Waals surface area contributed by atoms with E-state index < -0.39 is 23.0 Å². The van der Waals surface area contributed by atoms with Crippen molar-refractivity contribution >= 4 is 35.7 Å². The fraction of sp³-hybridized carbons (Fsp3) is 0.400. The molecule has 0 aliphatic rings. The number of carbonyl (C=O) groups is 2. The van der Waals surface area contributed by atoms with Crippen molar-refractivity contribution in [1.29, 1.82) is 0 Å². The molecule has 27 heavy (non-hydrogen) atoms. The highest BCUT2D eigenvalue weighted by Crippen LogP contribution is 2.29. The minimum absolute atomic E-state index is 0.0660. The third-order valence-corrected chi connectivity index (χ3v) is 4.28. The van der Waals surface area contributed by atoms with E-state index in [0.717, 1.165) is 16.3 Å². The van der Waals surface area contributed by atoms with E-state index in [1.807, 2.05) is 0 Å². The van der Waals surface area contributed by atoms with Gasteiger partial charge in [0.15, 0.2) is 5.96 Å². The molecule has 0 unspecified atom stereocenters. The van der Waals surface area contributed by atoms with Crippen LogP contribution in [-0.2, 0) is 9.53 Å². The number of aliphatic imine (C=N–C) groups is 1. The summed E-state index contributed by atoms with van der Waals surface area (Å²) in [5.41, 5.74) is 10.3. The molecular formula is C15H21N5O6S. The maximum absolute atomic E-state index is 12.3. The first-order valence-corrected chi connectivity index (χ1v) is 8.70. The molecule has 0 heterocycles. The van der Waals surface area contributed by atoms with Crippen LogP contribution >= 0.6 is 11.9 Å². The number of carbonyl (C=O) groups excluding carboxylic acids is 1. The van der Waals surface area contributed by atoms with Crippen molar-refractivity contribution in [3.63, 3.8) is 0 Å².